The van der Waals surface area contributed by atoms with Crippen molar-refractivity contribution in [3.05, 3.63) is 35.4 Å². The Balaban J connectivity index is 2.21. The van der Waals surface area contributed by atoms with Gasteiger partial charge in [0.1, 0.15) is 0 Å². The molecule has 16 heavy (non-hydrogen) atoms. The highest BCUT2D eigenvalue weighted by Gasteiger charge is 2.27. The normalized spacial score (nSPS) is 20.9. The average molecular weight is 220 g/mol. The largest absolute Gasteiger partial charge is 0.326 e. The van der Waals surface area contributed by atoms with Crippen LogP contribution < -0.4 is 5.73 Å². The van der Waals surface area contributed by atoms with Crippen molar-refractivity contribution in [3.8, 4) is 0 Å². The molecular weight excluding hydrogens is 200 g/mol. The number of benzene rings is 1. The maximum absolute atomic E-state index is 6.06. The van der Waals surface area contributed by atoms with Crippen molar-refractivity contribution in [1.82, 2.24) is 5.06 Å². The SMILES string of the molecule is Cc1ccc(C(C(C)N)N2CCCO2)cc1. The average Bonchev–Trinajstić information content (AvgIpc) is 2.74. The van der Waals surface area contributed by atoms with Gasteiger partial charge in [0.2, 0.25) is 0 Å². The van der Waals surface area contributed by atoms with Crippen molar-refractivity contribution in [3.63, 3.8) is 0 Å². The lowest BCUT2D eigenvalue weighted by Crippen LogP contribution is -2.37. The summed E-state index contributed by atoms with van der Waals surface area (Å²) in [5, 5.41) is 2.02. The van der Waals surface area contributed by atoms with Gasteiger partial charge in [0.15, 0.2) is 0 Å². The molecule has 1 aliphatic heterocycles. The summed E-state index contributed by atoms with van der Waals surface area (Å²) in [5.41, 5.74) is 8.58. The number of hydrogen-bond acceptors (Lipinski definition) is 3. The van der Waals surface area contributed by atoms with Crippen LogP contribution in [0.3, 0.4) is 0 Å². The third kappa shape index (κ3) is 2.43. The van der Waals surface area contributed by atoms with E-state index in [-0.39, 0.29) is 12.1 Å². The summed E-state index contributed by atoms with van der Waals surface area (Å²) in [6.07, 6.45) is 1.09. The van der Waals surface area contributed by atoms with E-state index >= 15 is 0 Å². The molecule has 2 rings (SSSR count). The fourth-order valence-corrected chi connectivity index (χ4v) is 2.18. The molecule has 2 unspecified atom stereocenters. The predicted octanol–water partition coefficient (Wildman–Crippen LogP) is 2.02. The number of hydroxylamine groups is 2. The van der Waals surface area contributed by atoms with Crippen LogP contribution in [0.25, 0.3) is 0 Å². The number of rotatable bonds is 3. The zero-order valence-corrected chi connectivity index (χ0v) is 10.0. The Bertz CT molecular complexity index is 328. The highest BCUT2D eigenvalue weighted by molar-refractivity contribution is 5.25. The summed E-state index contributed by atoms with van der Waals surface area (Å²) >= 11 is 0. The molecule has 1 fully saturated rings. The van der Waals surface area contributed by atoms with Gasteiger partial charge in [-0.15, -0.1) is 0 Å². The minimum atomic E-state index is 0.0702. The van der Waals surface area contributed by atoms with Gasteiger partial charge in [0, 0.05) is 12.6 Å². The number of aryl methyl sites for hydroxylation is 1. The van der Waals surface area contributed by atoms with Crippen molar-refractivity contribution in [2.75, 3.05) is 13.2 Å². The number of nitrogens with zero attached hydrogens (tertiary/aromatic N) is 1. The van der Waals surface area contributed by atoms with Gasteiger partial charge in [0.05, 0.1) is 12.6 Å². The van der Waals surface area contributed by atoms with Gasteiger partial charge < -0.3 is 5.73 Å². The summed E-state index contributed by atoms with van der Waals surface area (Å²) < 4.78 is 0. The molecule has 2 N–H and O–H groups in total. The zero-order valence-electron chi connectivity index (χ0n) is 10.0. The molecule has 0 spiro atoms. The minimum absolute atomic E-state index is 0.0702. The highest BCUT2D eigenvalue weighted by atomic mass is 16.7. The molecule has 1 heterocycles. The van der Waals surface area contributed by atoms with Crippen molar-refractivity contribution in [2.45, 2.75) is 32.4 Å². The van der Waals surface area contributed by atoms with Crippen LogP contribution in [-0.2, 0) is 4.84 Å². The van der Waals surface area contributed by atoms with E-state index in [0.29, 0.717) is 0 Å². The lowest BCUT2D eigenvalue weighted by atomic mass is 9.99. The Hall–Kier alpha value is -0.900. The molecule has 0 saturated carbocycles. The molecule has 3 heteroatoms. The van der Waals surface area contributed by atoms with Crippen LogP contribution in [0.4, 0.5) is 0 Å². The third-order valence-electron chi connectivity index (χ3n) is 3.01. The highest BCUT2D eigenvalue weighted by Crippen LogP contribution is 2.26. The van der Waals surface area contributed by atoms with E-state index in [9.17, 15) is 0 Å². The molecule has 0 amide bonds. The van der Waals surface area contributed by atoms with Crippen molar-refractivity contribution in [1.29, 1.82) is 0 Å². The second-order valence-corrected chi connectivity index (χ2v) is 4.54. The van der Waals surface area contributed by atoms with E-state index < -0.39 is 0 Å². The lowest BCUT2D eigenvalue weighted by Gasteiger charge is -2.29. The van der Waals surface area contributed by atoms with E-state index in [1.165, 1.54) is 11.1 Å². The topological polar surface area (TPSA) is 38.5 Å². The first-order valence-corrected chi connectivity index (χ1v) is 5.90. The van der Waals surface area contributed by atoms with E-state index in [1.807, 2.05) is 12.0 Å². The third-order valence-corrected chi connectivity index (χ3v) is 3.01. The molecule has 0 aromatic heterocycles. The van der Waals surface area contributed by atoms with Crippen LogP contribution >= 0.6 is 0 Å². The van der Waals surface area contributed by atoms with Gasteiger partial charge in [-0.2, -0.15) is 5.06 Å². The van der Waals surface area contributed by atoms with Gasteiger partial charge in [-0.05, 0) is 25.8 Å². The van der Waals surface area contributed by atoms with Crippen LogP contribution in [0, 0.1) is 6.92 Å². The minimum Gasteiger partial charge on any atom is -0.326 e. The lowest BCUT2D eigenvalue weighted by molar-refractivity contribution is -0.147. The Morgan fingerprint density at radius 2 is 2.00 bits per heavy atom. The molecular formula is C13H20N2O. The fraction of sp³-hybridized carbons (Fsp3) is 0.538. The zero-order chi connectivity index (χ0) is 11.5. The van der Waals surface area contributed by atoms with E-state index in [1.54, 1.807) is 0 Å². The Labute approximate surface area is 97.1 Å². The molecule has 0 radical (unpaired) electrons. The van der Waals surface area contributed by atoms with E-state index in [0.717, 1.165) is 19.6 Å². The predicted molar refractivity (Wildman–Crippen MR) is 64.8 cm³/mol. The van der Waals surface area contributed by atoms with Crippen LogP contribution in [0.15, 0.2) is 24.3 Å². The first kappa shape index (κ1) is 11.6. The van der Waals surface area contributed by atoms with E-state index in [4.69, 9.17) is 10.6 Å². The first-order chi connectivity index (χ1) is 7.68. The maximum Gasteiger partial charge on any atom is 0.0750 e. The van der Waals surface area contributed by atoms with Crippen molar-refractivity contribution < 1.29 is 4.84 Å². The molecule has 0 aliphatic carbocycles. The summed E-state index contributed by atoms with van der Waals surface area (Å²) in [7, 11) is 0. The monoisotopic (exact) mass is 220 g/mol. The molecule has 88 valence electrons. The van der Waals surface area contributed by atoms with Gasteiger partial charge in [-0.25, -0.2) is 0 Å². The molecule has 1 aromatic carbocycles. The second-order valence-electron chi connectivity index (χ2n) is 4.54. The van der Waals surface area contributed by atoms with Gasteiger partial charge in [-0.1, -0.05) is 29.8 Å². The Morgan fingerprint density at radius 3 is 2.50 bits per heavy atom. The molecule has 1 aromatic rings. The van der Waals surface area contributed by atoms with Crippen molar-refractivity contribution in [2.24, 2.45) is 5.73 Å². The second kappa shape index (κ2) is 4.95. The summed E-state index contributed by atoms with van der Waals surface area (Å²) in [6, 6.07) is 8.78. The molecule has 1 saturated heterocycles. The maximum atomic E-state index is 6.06. The Morgan fingerprint density at radius 1 is 1.31 bits per heavy atom. The van der Waals surface area contributed by atoms with Gasteiger partial charge in [-0.3, -0.25) is 4.84 Å². The molecule has 0 bridgehead atoms. The van der Waals surface area contributed by atoms with Crippen LogP contribution in [0.5, 0.6) is 0 Å². The molecule has 2 atom stereocenters. The fourth-order valence-electron chi connectivity index (χ4n) is 2.18. The molecule has 1 aliphatic rings. The van der Waals surface area contributed by atoms with Gasteiger partial charge in [0.25, 0.3) is 0 Å². The number of hydrogen-bond donors (Lipinski definition) is 1. The van der Waals surface area contributed by atoms with Crippen LogP contribution in [0.1, 0.15) is 30.5 Å². The summed E-state index contributed by atoms with van der Waals surface area (Å²) in [6.45, 7) is 5.92. The quantitative estimate of drug-likeness (QED) is 0.847. The molecule has 3 nitrogen and oxygen atoms in total. The first-order valence-electron chi connectivity index (χ1n) is 5.90. The van der Waals surface area contributed by atoms with Crippen LogP contribution in [0.2, 0.25) is 0 Å². The van der Waals surface area contributed by atoms with Crippen molar-refractivity contribution >= 4 is 0 Å². The summed E-state index contributed by atoms with van der Waals surface area (Å²) in [4.78, 5) is 5.61. The number of nitrogens with two attached hydrogens (primary N) is 1. The van der Waals surface area contributed by atoms with Gasteiger partial charge >= 0.3 is 0 Å². The Kier molecular flexibility index (Phi) is 3.59. The smallest absolute Gasteiger partial charge is 0.0750 e. The van der Waals surface area contributed by atoms with E-state index in [2.05, 4.69) is 31.2 Å². The standard InChI is InChI=1S/C13H20N2O/c1-10-4-6-12(7-5-10)13(11(2)14)15-8-3-9-16-15/h4-7,11,13H,3,8-9,14H2,1-2H3. The van der Waals surface area contributed by atoms with Crippen LogP contribution in [-0.4, -0.2) is 24.3 Å². The summed E-state index contributed by atoms with van der Waals surface area (Å²) in [5.74, 6) is 0.